The summed E-state index contributed by atoms with van der Waals surface area (Å²) in [6, 6.07) is 7.26. The molecule has 1 aromatic carbocycles. The lowest BCUT2D eigenvalue weighted by molar-refractivity contribution is 0.0691. The third-order valence-electron chi connectivity index (χ3n) is 2.51. The molecule has 92 valence electrons. The molecule has 2 aromatic rings. The molecule has 5 nitrogen and oxygen atoms in total. The third-order valence-corrected chi connectivity index (χ3v) is 6.25. The SMILES string of the molecule is O=C(O)c1csc(S2(O)C=Nc3ccccc32)n1. The van der Waals surface area contributed by atoms with E-state index >= 15 is 0 Å². The summed E-state index contributed by atoms with van der Waals surface area (Å²) in [6.45, 7) is 0. The first kappa shape index (κ1) is 11.4. The number of hydrogen-bond acceptors (Lipinski definition) is 5. The number of fused-ring (bicyclic) bond motifs is 1. The van der Waals surface area contributed by atoms with Crippen LogP contribution in [-0.4, -0.2) is 26.2 Å². The molecule has 0 fully saturated rings. The van der Waals surface area contributed by atoms with Crippen molar-refractivity contribution in [3.05, 3.63) is 35.3 Å². The number of nitrogens with zero attached hydrogens (tertiary/aromatic N) is 2. The predicted molar refractivity (Wildman–Crippen MR) is 70.4 cm³/mol. The fraction of sp³-hybridized carbons (Fsp3) is 0. The van der Waals surface area contributed by atoms with Crippen molar-refractivity contribution < 1.29 is 14.5 Å². The summed E-state index contributed by atoms with van der Waals surface area (Å²) in [5, 5.41) is 10.3. The van der Waals surface area contributed by atoms with E-state index in [1.165, 1.54) is 10.9 Å². The van der Waals surface area contributed by atoms with Crippen LogP contribution in [0.1, 0.15) is 10.5 Å². The summed E-state index contributed by atoms with van der Waals surface area (Å²) in [7, 11) is -2.40. The van der Waals surface area contributed by atoms with Gasteiger partial charge >= 0.3 is 5.97 Å². The summed E-state index contributed by atoms with van der Waals surface area (Å²) in [4.78, 5) is 19.7. The van der Waals surface area contributed by atoms with Crippen molar-refractivity contribution >= 4 is 38.8 Å². The average Bonchev–Trinajstić information content (AvgIpc) is 2.96. The Hall–Kier alpha value is -1.70. The van der Waals surface area contributed by atoms with E-state index in [1.54, 1.807) is 6.07 Å². The number of benzene rings is 1. The monoisotopic (exact) mass is 280 g/mol. The van der Waals surface area contributed by atoms with Gasteiger partial charge in [0.2, 0.25) is 0 Å². The Morgan fingerprint density at radius 2 is 2.11 bits per heavy atom. The number of hydrogen-bond donors (Lipinski definition) is 2. The summed E-state index contributed by atoms with van der Waals surface area (Å²) < 4.78 is 11.1. The topological polar surface area (TPSA) is 82.8 Å². The molecule has 1 atom stereocenters. The van der Waals surface area contributed by atoms with Crippen LogP contribution in [0.5, 0.6) is 0 Å². The lowest BCUT2D eigenvalue weighted by atomic mass is 10.3. The van der Waals surface area contributed by atoms with E-state index < -0.39 is 16.3 Å². The minimum atomic E-state index is -2.40. The van der Waals surface area contributed by atoms with E-state index in [-0.39, 0.29) is 5.69 Å². The van der Waals surface area contributed by atoms with Crippen molar-refractivity contribution in [1.29, 1.82) is 0 Å². The van der Waals surface area contributed by atoms with Gasteiger partial charge < -0.3 is 9.66 Å². The second-order valence-electron chi connectivity index (χ2n) is 3.63. The highest BCUT2D eigenvalue weighted by molar-refractivity contribution is 8.41. The van der Waals surface area contributed by atoms with Gasteiger partial charge in [-0.15, -0.1) is 11.3 Å². The van der Waals surface area contributed by atoms with E-state index in [0.717, 1.165) is 11.3 Å². The third kappa shape index (κ3) is 1.56. The van der Waals surface area contributed by atoms with Crippen LogP contribution in [0.3, 0.4) is 0 Å². The van der Waals surface area contributed by atoms with Crippen LogP contribution in [0.4, 0.5) is 5.69 Å². The molecule has 2 N–H and O–H groups in total. The lowest BCUT2D eigenvalue weighted by Crippen LogP contribution is -2.01. The van der Waals surface area contributed by atoms with Crippen molar-refractivity contribution in [2.45, 2.75) is 9.24 Å². The number of aromatic carboxylic acids is 1. The maximum atomic E-state index is 10.8. The van der Waals surface area contributed by atoms with Crippen LogP contribution >= 0.6 is 21.6 Å². The summed E-state index contributed by atoms with van der Waals surface area (Å²) in [5.74, 6) is -1.09. The highest BCUT2D eigenvalue weighted by Gasteiger charge is 2.34. The smallest absolute Gasteiger partial charge is 0.355 e. The molecular formula is C11H8N2O3S2. The maximum absolute atomic E-state index is 10.8. The molecule has 7 heteroatoms. The maximum Gasteiger partial charge on any atom is 0.355 e. The Morgan fingerprint density at radius 3 is 2.83 bits per heavy atom. The van der Waals surface area contributed by atoms with Gasteiger partial charge in [0.15, 0.2) is 10.0 Å². The first-order valence-electron chi connectivity index (χ1n) is 4.99. The zero-order chi connectivity index (χ0) is 12.8. The van der Waals surface area contributed by atoms with E-state index in [0.29, 0.717) is 14.9 Å². The second-order valence-corrected chi connectivity index (χ2v) is 7.04. The van der Waals surface area contributed by atoms with Gasteiger partial charge in [0.25, 0.3) is 0 Å². The van der Waals surface area contributed by atoms with Gasteiger partial charge in [-0.1, -0.05) is 12.1 Å². The summed E-state index contributed by atoms with van der Waals surface area (Å²) >= 11 is 1.14. The Balaban J connectivity index is 2.11. The van der Waals surface area contributed by atoms with Crippen molar-refractivity contribution in [3.63, 3.8) is 0 Å². The first-order valence-corrected chi connectivity index (χ1v) is 7.52. The molecule has 0 aliphatic carbocycles. The van der Waals surface area contributed by atoms with Gasteiger partial charge in [-0.05, 0) is 22.4 Å². The van der Waals surface area contributed by atoms with Crippen molar-refractivity contribution in [3.8, 4) is 0 Å². The molecule has 0 spiro atoms. The molecule has 0 radical (unpaired) electrons. The van der Waals surface area contributed by atoms with Crippen LogP contribution in [-0.2, 0) is 0 Å². The number of carbonyl (C=O) groups is 1. The molecular weight excluding hydrogens is 272 g/mol. The van der Waals surface area contributed by atoms with E-state index in [2.05, 4.69) is 9.98 Å². The molecule has 0 saturated heterocycles. The zero-order valence-electron chi connectivity index (χ0n) is 8.98. The highest BCUT2D eigenvalue weighted by Crippen LogP contribution is 2.64. The number of rotatable bonds is 2. The molecule has 3 rings (SSSR count). The first-order chi connectivity index (χ1) is 8.61. The van der Waals surface area contributed by atoms with Crippen LogP contribution in [0, 0.1) is 0 Å². The number of aliphatic imine (C=N–C) groups is 1. The van der Waals surface area contributed by atoms with E-state index in [9.17, 15) is 9.35 Å². The van der Waals surface area contributed by atoms with Crippen LogP contribution in [0.25, 0.3) is 0 Å². The van der Waals surface area contributed by atoms with Crippen LogP contribution in [0.2, 0.25) is 0 Å². The van der Waals surface area contributed by atoms with Gasteiger partial charge in [0.05, 0.1) is 16.1 Å². The summed E-state index contributed by atoms with van der Waals surface area (Å²) in [6.07, 6.45) is 0. The van der Waals surface area contributed by atoms with Crippen LogP contribution < -0.4 is 0 Å². The number of carboxylic acid groups (broad SMARTS) is 1. The van der Waals surface area contributed by atoms with E-state index in [4.69, 9.17) is 5.11 Å². The Morgan fingerprint density at radius 1 is 1.33 bits per heavy atom. The lowest BCUT2D eigenvalue weighted by Gasteiger charge is -2.23. The quantitative estimate of drug-likeness (QED) is 0.884. The Kier molecular flexibility index (Phi) is 2.47. The fourth-order valence-electron chi connectivity index (χ4n) is 1.65. The molecule has 1 aliphatic rings. The fourth-order valence-corrected chi connectivity index (χ4v) is 4.92. The highest BCUT2D eigenvalue weighted by atomic mass is 32.3. The number of carboxylic acids is 1. The number of thiazole rings is 1. The van der Waals surface area contributed by atoms with E-state index in [1.807, 2.05) is 18.2 Å². The van der Waals surface area contributed by atoms with Crippen LogP contribution in [0.15, 0.2) is 43.9 Å². The molecule has 0 saturated carbocycles. The minimum absolute atomic E-state index is 0.0475. The average molecular weight is 280 g/mol. The number of para-hydroxylation sites is 1. The standard InChI is InChI=1S/C11H8N2O3S2/c14-10(15)8-5-17-11(13-8)18(16)6-12-7-3-1-2-4-9(7)18/h1-6,16H,(H,14,15). The summed E-state index contributed by atoms with van der Waals surface area (Å²) in [5.41, 5.74) is 2.14. The van der Waals surface area contributed by atoms with Gasteiger partial charge in [-0.3, -0.25) is 0 Å². The molecule has 2 heterocycles. The normalized spacial score (nSPS) is 24.5. The molecule has 18 heavy (non-hydrogen) atoms. The van der Waals surface area contributed by atoms with Gasteiger partial charge in [-0.2, -0.15) is 0 Å². The van der Waals surface area contributed by atoms with Crippen molar-refractivity contribution in [2.75, 3.05) is 0 Å². The molecule has 0 bridgehead atoms. The molecule has 0 amide bonds. The van der Waals surface area contributed by atoms with Crippen molar-refractivity contribution in [1.82, 2.24) is 4.98 Å². The number of aromatic nitrogens is 1. The zero-order valence-corrected chi connectivity index (χ0v) is 10.6. The Bertz CT molecular complexity index is 668. The van der Waals surface area contributed by atoms with Gasteiger partial charge in [0.1, 0.15) is 0 Å². The minimum Gasteiger partial charge on any atom is -0.476 e. The molecule has 1 aromatic heterocycles. The van der Waals surface area contributed by atoms with Gasteiger partial charge in [0, 0.05) is 5.38 Å². The molecule has 1 unspecified atom stereocenters. The second kappa shape index (κ2) is 3.91. The van der Waals surface area contributed by atoms with Gasteiger partial charge in [-0.25, -0.2) is 14.8 Å². The van der Waals surface area contributed by atoms with Crippen molar-refractivity contribution in [2.24, 2.45) is 4.99 Å². The molecule has 1 aliphatic heterocycles. The predicted octanol–water partition coefficient (Wildman–Crippen LogP) is 3.21. The largest absolute Gasteiger partial charge is 0.476 e. The Labute approximate surface area is 108 Å².